The average Bonchev–Trinajstić information content (AvgIpc) is 2.42. The lowest BCUT2D eigenvalue weighted by atomic mass is 10.1. The SMILES string of the molecule is CCc1ccc(CN(C)c2cc(N)ccc2C)cc1. The normalized spacial score (nSPS) is 10.5. The van der Waals surface area contributed by atoms with Crippen LogP contribution in [0.25, 0.3) is 0 Å². The van der Waals surface area contributed by atoms with Crippen LogP contribution in [0.15, 0.2) is 42.5 Å². The van der Waals surface area contributed by atoms with Crippen molar-refractivity contribution in [3.63, 3.8) is 0 Å². The van der Waals surface area contributed by atoms with Gasteiger partial charge in [0, 0.05) is 25.0 Å². The van der Waals surface area contributed by atoms with Crippen molar-refractivity contribution >= 4 is 11.4 Å². The first-order valence-electron chi connectivity index (χ1n) is 6.75. The van der Waals surface area contributed by atoms with Crippen molar-refractivity contribution in [1.29, 1.82) is 0 Å². The molecule has 2 nitrogen and oxygen atoms in total. The smallest absolute Gasteiger partial charge is 0.0426 e. The number of hydrogen-bond donors (Lipinski definition) is 1. The third-order valence-electron chi connectivity index (χ3n) is 3.50. The van der Waals surface area contributed by atoms with Gasteiger partial charge in [0.05, 0.1) is 0 Å². The van der Waals surface area contributed by atoms with Crippen LogP contribution in [0.2, 0.25) is 0 Å². The lowest BCUT2D eigenvalue weighted by Crippen LogP contribution is -2.17. The van der Waals surface area contributed by atoms with Gasteiger partial charge in [0.15, 0.2) is 0 Å². The Morgan fingerprint density at radius 3 is 2.26 bits per heavy atom. The molecular formula is C17H22N2. The summed E-state index contributed by atoms with van der Waals surface area (Å²) in [5.41, 5.74) is 11.8. The fourth-order valence-electron chi connectivity index (χ4n) is 2.28. The number of hydrogen-bond acceptors (Lipinski definition) is 2. The molecule has 0 aliphatic rings. The van der Waals surface area contributed by atoms with Crippen molar-refractivity contribution < 1.29 is 0 Å². The van der Waals surface area contributed by atoms with Gasteiger partial charge in [-0.25, -0.2) is 0 Å². The van der Waals surface area contributed by atoms with Gasteiger partial charge in [0.2, 0.25) is 0 Å². The molecule has 0 amide bonds. The van der Waals surface area contributed by atoms with Crippen LogP contribution < -0.4 is 10.6 Å². The van der Waals surface area contributed by atoms with E-state index >= 15 is 0 Å². The molecule has 2 aromatic carbocycles. The minimum Gasteiger partial charge on any atom is -0.399 e. The van der Waals surface area contributed by atoms with E-state index in [1.165, 1.54) is 22.4 Å². The predicted molar refractivity (Wildman–Crippen MR) is 83.5 cm³/mol. The number of aryl methyl sites for hydroxylation is 2. The molecule has 2 heteroatoms. The van der Waals surface area contributed by atoms with Crippen LogP contribution in [0.1, 0.15) is 23.6 Å². The molecule has 2 rings (SSSR count). The number of nitrogen functional groups attached to an aromatic ring is 1. The van der Waals surface area contributed by atoms with Gasteiger partial charge >= 0.3 is 0 Å². The second-order valence-corrected chi connectivity index (χ2v) is 5.07. The lowest BCUT2D eigenvalue weighted by molar-refractivity contribution is 0.916. The summed E-state index contributed by atoms with van der Waals surface area (Å²) < 4.78 is 0. The van der Waals surface area contributed by atoms with Gasteiger partial charge in [-0.05, 0) is 42.2 Å². The summed E-state index contributed by atoms with van der Waals surface area (Å²) in [6.45, 7) is 5.19. The highest BCUT2D eigenvalue weighted by atomic mass is 15.1. The van der Waals surface area contributed by atoms with E-state index in [4.69, 9.17) is 5.73 Å². The van der Waals surface area contributed by atoms with Crippen LogP contribution in [0.3, 0.4) is 0 Å². The van der Waals surface area contributed by atoms with E-state index in [0.717, 1.165) is 18.7 Å². The van der Waals surface area contributed by atoms with Gasteiger partial charge in [-0.2, -0.15) is 0 Å². The van der Waals surface area contributed by atoms with E-state index in [1.807, 2.05) is 12.1 Å². The molecular weight excluding hydrogens is 232 g/mol. The molecule has 0 bridgehead atoms. The standard InChI is InChI=1S/C17H22N2/c1-4-14-6-8-15(9-7-14)12-19(3)17-11-16(18)10-5-13(17)2/h5-11H,4,12,18H2,1-3H3. The van der Waals surface area contributed by atoms with E-state index in [9.17, 15) is 0 Å². The highest BCUT2D eigenvalue weighted by Crippen LogP contribution is 2.23. The molecule has 0 heterocycles. The van der Waals surface area contributed by atoms with Crippen LogP contribution in [-0.4, -0.2) is 7.05 Å². The van der Waals surface area contributed by atoms with Crippen LogP contribution in [0, 0.1) is 6.92 Å². The molecule has 2 aromatic rings. The Balaban J connectivity index is 2.15. The molecule has 100 valence electrons. The lowest BCUT2D eigenvalue weighted by Gasteiger charge is -2.22. The molecule has 0 aliphatic heterocycles. The maximum absolute atomic E-state index is 5.87. The third-order valence-corrected chi connectivity index (χ3v) is 3.50. The first-order chi connectivity index (χ1) is 9.10. The summed E-state index contributed by atoms with van der Waals surface area (Å²) >= 11 is 0. The second-order valence-electron chi connectivity index (χ2n) is 5.07. The Morgan fingerprint density at radius 1 is 1.00 bits per heavy atom. The first kappa shape index (κ1) is 13.5. The number of rotatable bonds is 4. The van der Waals surface area contributed by atoms with Crippen molar-refractivity contribution in [3.8, 4) is 0 Å². The third kappa shape index (κ3) is 3.28. The van der Waals surface area contributed by atoms with E-state index < -0.39 is 0 Å². The highest BCUT2D eigenvalue weighted by Gasteiger charge is 2.06. The van der Waals surface area contributed by atoms with Crippen LogP contribution in [0.4, 0.5) is 11.4 Å². The molecule has 0 saturated heterocycles. The molecule has 19 heavy (non-hydrogen) atoms. The zero-order valence-corrected chi connectivity index (χ0v) is 12.0. The van der Waals surface area contributed by atoms with Crippen LogP contribution >= 0.6 is 0 Å². The van der Waals surface area contributed by atoms with Gasteiger partial charge in [-0.3, -0.25) is 0 Å². The van der Waals surface area contributed by atoms with Crippen molar-refractivity contribution in [2.45, 2.75) is 26.8 Å². The Hall–Kier alpha value is -1.96. The topological polar surface area (TPSA) is 29.3 Å². The zero-order valence-electron chi connectivity index (χ0n) is 12.0. The highest BCUT2D eigenvalue weighted by molar-refractivity contribution is 5.60. The minimum absolute atomic E-state index is 0.814. The molecule has 0 fully saturated rings. The van der Waals surface area contributed by atoms with E-state index in [1.54, 1.807) is 0 Å². The molecule has 0 aliphatic carbocycles. The van der Waals surface area contributed by atoms with Crippen molar-refractivity contribution in [3.05, 3.63) is 59.2 Å². The molecule has 0 aromatic heterocycles. The Morgan fingerprint density at radius 2 is 1.63 bits per heavy atom. The molecule has 2 N–H and O–H groups in total. The first-order valence-corrected chi connectivity index (χ1v) is 6.75. The van der Waals surface area contributed by atoms with Gasteiger partial charge in [-0.15, -0.1) is 0 Å². The Bertz CT molecular complexity index is 544. The summed E-state index contributed by atoms with van der Waals surface area (Å²) in [5, 5.41) is 0. The number of nitrogens with zero attached hydrogens (tertiary/aromatic N) is 1. The fraction of sp³-hybridized carbons (Fsp3) is 0.294. The summed E-state index contributed by atoms with van der Waals surface area (Å²) in [7, 11) is 2.11. The number of anilines is 2. The number of nitrogens with two attached hydrogens (primary N) is 1. The van der Waals surface area contributed by atoms with Crippen molar-refractivity contribution in [1.82, 2.24) is 0 Å². The molecule has 0 atom stereocenters. The quantitative estimate of drug-likeness (QED) is 0.841. The second kappa shape index (κ2) is 5.79. The molecule has 0 spiro atoms. The Labute approximate surface area is 115 Å². The minimum atomic E-state index is 0.814. The van der Waals surface area contributed by atoms with Crippen molar-refractivity contribution in [2.75, 3.05) is 17.7 Å². The fourth-order valence-corrected chi connectivity index (χ4v) is 2.28. The zero-order chi connectivity index (χ0) is 13.8. The van der Waals surface area contributed by atoms with Crippen molar-refractivity contribution in [2.24, 2.45) is 0 Å². The van der Waals surface area contributed by atoms with Gasteiger partial charge in [-0.1, -0.05) is 37.3 Å². The summed E-state index contributed by atoms with van der Waals surface area (Å²) in [5.74, 6) is 0. The summed E-state index contributed by atoms with van der Waals surface area (Å²) in [4.78, 5) is 2.24. The number of benzene rings is 2. The van der Waals surface area contributed by atoms with Gasteiger partial charge in [0.25, 0.3) is 0 Å². The van der Waals surface area contributed by atoms with Gasteiger partial charge in [0.1, 0.15) is 0 Å². The average molecular weight is 254 g/mol. The van der Waals surface area contributed by atoms with E-state index in [-0.39, 0.29) is 0 Å². The van der Waals surface area contributed by atoms with Gasteiger partial charge < -0.3 is 10.6 Å². The van der Waals surface area contributed by atoms with E-state index in [0.29, 0.717) is 0 Å². The molecule has 0 radical (unpaired) electrons. The van der Waals surface area contributed by atoms with E-state index in [2.05, 4.69) is 56.1 Å². The molecule has 0 saturated carbocycles. The maximum atomic E-state index is 5.87. The van der Waals surface area contributed by atoms with Crippen LogP contribution in [0.5, 0.6) is 0 Å². The monoisotopic (exact) mass is 254 g/mol. The predicted octanol–water partition coefficient (Wildman–Crippen LogP) is 3.78. The summed E-state index contributed by atoms with van der Waals surface area (Å²) in [6, 6.07) is 14.9. The largest absolute Gasteiger partial charge is 0.399 e. The molecule has 0 unspecified atom stereocenters. The summed E-state index contributed by atoms with van der Waals surface area (Å²) in [6.07, 6.45) is 1.09. The Kier molecular flexibility index (Phi) is 4.10. The van der Waals surface area contributed by atoms with Crippen LogP contribution in [-0.2, 0) is 13.0 Å². The maximum Gasteiger partial charge on any atom is 0.0426 e.